The van der Waals surface area contributed by atoms with Gasteiger partial charge in [-0.15, -0.1) is 0 Å². The largest absolute Gasteiger partial charge is 0.310 e. The van der Waals surface area contributed by atoms with Crippen molar-refractivity contribution in [2.45, 2.75) is 0 Å². The summed E-state index contributed by atoms with van der Waals surface area (Å²) < 4.78 is 4.38. The summed E-state index contributed by atoms with van der Waals surface area (Å²) in [5.41, 5.74) is 16.2. The molecule has 408 valence electrons. The Hall–Kier alpha value is -12.1. The molecule has 11 heteroatoms. The molecular formula is C76H49N11. The number of pyridine rings is 2. The highest BCUT2D eigenvalue weighted by Gasteiger charge is 2.24. The van der Waals surface area contributed by atoms with Crippen molar-refractivity contribution in [3.8, 4) is 91.1 Å². The van der Waals surface area contributed by atoms with Crippen LogP contribution in [-0.2, 0) is 0 Å². The first-order valence-electron chi connectivity index (χ1n) is 28.8. The summed E-state index contributed by atoms with van der Waals surface area (Å²) in [6.45, 7) is 0. The first-order valence-corrected chi connectivity index (χ1v) is 28.8. The van der Waals surface area contributed by atoms with Gasteiger partial charge in [0.15, 0.2) is 23.3 Å². The van der Waals surface area contributed by atoms with Gasteiger partial charge in [-0.25, -0.2) is 9.97 Å². The zero-order valence-electron chi connectivity index (χ0n) is 46.7. The van der Waals surface area contributed by atoms with Crippen molar-refractivity contribution in [3.63, 3.8) is 0 Å². The van der Waals surface area contributed by atoms with Crippen LogP contribution in [0.1, 0.15) is 0 Å². The highest BCUT2D eigenvalue weighted by Crippen LogP contribution is 2.43. The quantitative estimate of drug-likeness (QED) is 0.118. The molecule has 0 N–H and O–H groups in total. The van der Waals surface area contributed by atoms with Crippen molar-refractivity contribution >= 4 is 60.7 Å². The molecule has 0 bridgehead atoms. The molecule has 0 radical (unpaired) electrons. The van der Waals surface area contributed by atoms with Gasteiger partial charge in [-0.2, -0.15) is 19.9 Å². The fourth-order valence-electron chi connectivity index (χ4n) is 11.8. The first kappa shape index (κ1) is 50.6. The lowest BCUT2D eigenvalue weighted by Crippen LogP contribution is -2.10. The minimum Gasteiger partial charge on any atom is -0.310 e. The van der Waals surface area contributed by atoms with Crippen molar-refractivity contribution < 1.29 is 0 Å². The lowest BCUT2D eigenvalue weighted by Gasteiger charge is -2.26. The van der Waals surface area contributed by atoms with Gasteiger partial charge < -0.3 is 4.90 Å². The van der Waals surface area contributed by atoms with E-state index >= 15 is 0 Å². The van der Waals surface area contributed by atoms with Crippen LogP contribution in [0.15, 0.2) is 298 Å². The molecular weight excluding hydrogens is 1070 g/mol. The standard InChI is InChI=1S/C76H49N11/c1-5-21-51(22-6-1)71-79-72(52-23-7-2-8-24-52)82-75(81-71)86-67-36-14-13-33-61(67)63-48-70-64(49-69(63)86)62-47-55(39-42-68(62)87(70)76-83-73(53-25-9-3-10-26-53)80-74(84-76)54-27-11-4-12-28-54)50-37-40-58(41-38-50)85(59-31-19-29-56(45-59)65-34-15-17-43-77-65)60-32-20-30-57(46-60)66-35-16-18-44-78-66/h1-49H. The number of nitrogens with zero attached hydrogens (tertiary/aromatic N) is 11. The van der Waals surface area contributed by atoms with Gasteiger partial charge in [0.2, 0.25) is 11.9 Å². The fourth-order valence-corrected chi connectivity index (χ4v) is 11.8. The number of para-hydroxylation sites is 1. The van der Waals surface area contributed by atoms with Crippen molar-refractivity contribution in [1.82, 2.24) is 49.0 Å². The second-order valence-electron chi connectivity index (χ2n) is 21.2. The number of rotatable bonds is 12. The van der Waals surface area contributed by atoms with E-state index in [1.54, 1.807) is 0 Å². The van der Waals surface area contributed by atoms with Gasteiger partial charge >= 0.3 is 0 Å². The van der Waals surface area contributed by atoms with E-state index in [4.69, 9.17) is 39.9 Å². The molecule has 6 heterocycles. The van der Waals surface area contributed by atoms with E-state index in [1.807, 2.05) is 170 Å². The van der Waals surface area contributed by atoms with E-state index in [9.17, 15) is 0 Å². The second kappa shape index (κ2) is 21.6. The molecule has 0 unspecified atom stereocenters. The summed E-state index contributed by atoms with van der Waals surface area (Å²) in [4.78, 5) is 43.2. The van der Waals surface area contributed by atoms with Crippen molar-refractivity contribution in [1.29, 1.82) is 0 Å². The van der Waals surface area contributed by atoms with Crippen molar-refractivity contribution in [2.24, 2.45) is 0 Å². The molecule has 16 aromatic rings. The maximum Gasteiger partial charge on any atom is 0.238 e. The maximum absolute atomic E-state index is 5.34. The Bertz CT molecular complexity index is 5000. The molecule has 10 aromatic carbocycles. The lowest BCUT2D eigenvalue weighted by molar-refractivity contribution is 0.951. The molecule has 11 nitrogen and oxygen atoms in total. The summed E-state index contributed by atoms with van der Waals surface area (Å²) in [5, 5.41) is 4.07. The normalized spacial score (nSPS) is 11.4. The SMILES string of the molecule is c1ccc(-c2nc(-c3ccccc3)nc(-n3c4ccccc4c4cc5c(cc43)c3cc(-c4ccc(N(c6cccc(-c7ccccn7)c6)c6cccc(-c7ccccn7)c6)cc4)ccc3n5-c3nc(-c4ccccc4)nc(-c4ccccc4)n3)n2)cc1. The van der Waals surface area contributed by atoms with Crippen LogP contribution in [0.5, 0.6) is 0 Å². The minimum absolute atomic E-state index is 0.500. The number of hydrogen-bond donors (Lipinski definition) is 0. The Kier molecular flexibility index (Phi) is 12.6. The maximum atomic E-state index is 5.34. The van der Waals surface area contributed by atoms with E-state index in [0.717, 1.165) is 117 Å². The van der Waals surface area contributed by atoms with E-state index < -0.39 is 0 Å². The van der Waals surface area contributed by atoms with Gasteiger partial charge in [0.05, 0.1) is 33.5 Å². The number of hydrogen-bond acceptors (Lipinski definition) is 9. The predicted octanol–water partition coefficient (Wildman–Crippen LogP) is 18.2. The van der Waals surface area contributed by atoms with Gasteiger partial charge in [-0.05, 0) is 102 Å². The van der Waals surface area contributed by atoms with Crippen molar-refractivity contribution in [3.05, 3.63) is 298 Å². The highest BCUT2D eigenvalue weighted by molar-refractivity contribution is 6.19. The van der Waals surface area contributed by atoms with E-state index in [0.29, 0.717) is 35.2 Å². The van der Waals surface area contributed by atoms with E-state index in [1.165, 1.54) is 0 Å². The molecule has 0 spiro atoms. The van der Waals surface area contributed by atoms with Crippen molar-refractivity contribution in [2.75, 3.05) is 4.90 Å². The second-order valence-corrected chi connectivity index (χ2v) is 21.2. The Morgan fingerprint density at radius 1 is 0.230 bits per heavy atom. The Morgan fingerprint density at radius 2 is 0.621 bits per heavy atom. The number of fused-ring (bicyclic) bond motifs is 6. The monoisotopic (exact) mass is 1120 g/mol. The average Bonchev–Trinajstić information content (AvgIpc) is 1.62. The summed E-state index contributed by atoms with van der Waals surface area (Å²) in [7, 11) is 0. The third kappa shape index (κ3) is 9.38. The molecule has 87 heavy (non-hydrogen) atoms. The predicted molar refractivity (Wildman–Crippen MR) is 350 cm³/mol. The van der Waals surface area contributed by atoms with Crippen LogP contribution < -0.4 is 4.90 Å². The van der Waals surface area contributed by atoms with Gasteiger partial charge in [0.25, 0.3) is 0 Å². The summed E-state index contributed by atoms with van der Waals surface area (Å²) in [6, 6.07) is 98.2. The van der Waals surface area contributed by atoms with E-state index in [-0.39, 0.29) is 0 Å². The summed E-state index contributed by atoms with van der Waals surface area (Å²) >= 11 is 0. The number of benzene rings is 10. The molecule has 0 amide bonds. The zero-order chi connectivity index (χ0) is 57.6. The van der Waals surface area contributed by atoms with Crippen LogP contribution in [0.3, 0.4) is 0 Å². The molecule has 6 aromatic heterocycles. The number of anilines is 3. The molecule has 0 aliphatic heterocycles. The molecule has 0 saturated heterocycles. The first-order chi connectivity index (χ1) is 43.1. The summed E-state index contributed by atoms with van der Waals surface area (Å²) in [5.74, 6) is 3.31. The molecule has 16 rings (SSSR count). The number of aromatic nitrogens is 10. The highest BCUT2D eigenvalue weighted by atomic mass is 15.2. The minimum atomic E-state index is 0.500. The molecule has 0 fully saturated rings. The third-order valence-electron chi connectivity index (χ3n) is 15.9. The average molecular weight is 1120 g/mol. The Balaban J connectivity index is 0.908. The lowest BCUT2D eigenvalue weighted by atomic mass is 10.0. The van der Waals surface area contributed by atoms with Crippen LogP contribution >= 0.6 is 0 Å². The van der Waals surface area contributed by atoms with Gasteiger partial charge in [0.1, 0.15) is 0 Å². The van der Waals surface area contributed by atoms with Crippen LogP contribution in [-0.4, -0.2) is 49.0 Å². The van der Waals surface area contributed by atoms with Crippen LogP contribution in [0.2, 0.25) is 0 Å². The smallest absolute Gasteiger partial charge is 0.238 e. The zero-order valence-corrected chi connectivity index (χ0v) is 46.7. The van der Waals surface area contributed by atoms with E-state index in [2.05, 4.69) is 141 Å². The van der Waals surface area contributed by atoms with Crippen LogP contribution in [0.4, 0.5) is 17.1 Å². The molecule has 0 atom stereocenters. The van der Waals surface area contributed by atoms with Gasteiger partial charge in [-0.3, -0.25) is 19.1 Å². The topological polar surface area (TPSA) is 116 Å². The molecule has 0 aliphatic rings. The fraction of sp³-hybridized carbons (Fsp3) is 0. The Labute approximate surface area is 500 Å². The van der Waals surface area contributed by atoms with Gasteiger partial charge in [-0.1, -0.05) is 194 Å². The third-order valence-corrected chi connectivity index (χ3v) is 15.9. The van der Waals surface area contributed by atoms with Gasteiger partial charge in [0, 0.05) is 84.4 Å². The molecule has 0 aliphatic carbocycles. The van der Waals surface area contributed by atoms with Crippen LogP contribution in [0.25, 0.3) is 135 Å². The Morgan fingerprint density at radius 3 is 1.08 bits per heavy atom. The summed E-state index contributed by atoms with van der Waals surface area (Å²) in [6.07, 6.45) is 3.67. The molecule has 0 saturated carbocycles. The van der Waals surface area contributed by atoms with Crippen LogP contribution in [0, 0.1) is 0 Å².